The van der Waals surface area contributed by atoms with Crippen LogP contribution in [0.1, 0.15) is 12.8 Å². The van der Waals surface area contributed by atoms with Crippen molar-refractivity contribution in [1.82, 2.24) is 0 Å². The smallest absolute Gasteiger partial charge is 0.241 e. The van der Waals surface area contributed by atoms with E-state index >= 15 is 0 Å². The first-order valence-corrected chi connectivity index (χ1v) is 6.68. The topological polar surface area (TPSA) is 69.4 Å². The molecule has 0 bridgehead atoms. The van der Waals surface area contributed by atoms with Gasteiger partial charge in [-0.25, -0.2) is 22.3 Å². The summed E-state index contributed by atoms with van der Waals surface area (Å²) in [6, 6.07) is 0.315. The number of sulfonamides is 1. The fraction of sp³-hybridized carbons (Fsp3) is 0.400. The van der Waals surface area contributed by atoms with Crippen LogP contribution in [0.3, 0.4) is 0 Å². The Morgan fingerprint density at radius 2 is 1.89 bits per heavy atom. The summed E-state index contributed by atoms with van der Waals surface area (Å²) in [5.74, 6) is -5.77. The second kappa shape index (κ2) is 4.43. The fourth-order valence-electron chi connectivity index (χ4n) is 1.39. The zero-order valence-electron chi connectivity index (χ0n) is 9.12. The summed E-state index contributed by atoms with van der Waals surface area (Å²) >= 11 is 0. The molecule has 2 rings (SSSR count). The molecule has 1 saturated carbocycles. The SMILES string of the molecule is NS(=O)(=O)c1cc(F)c(F)c(F)c1OCC1CC1. The van der Waals surface area contributed by atoms with Gasteiger partial charge in [0.2, 0.25) is 15.8 Å². The molecule has 0 atom stereocenters. The number of ether oxygens (including phenoxy) is 1. The fourth-order valence-corrected chi connectivity index (χ4v) is 2.06. The highest BCUT2D eigenvalue weighted by Gasteiger charge is 2.28. The summed E-state index contributed by atoms with van der Waals surface area (Å²) in [5.41, 5.74) is 0. The van der Waals surface area contributed by atoms with Crippen LogP contribution < -0.4 is 9.88 Å². The maximum Gasteiger partial charge on any atom is 0.241 e. The van der Waals surface area contributed by atoms with Crippen molar-refractivity contribution in [1.29, 1.82) is 0 Å². The largest absolute Gasteiger partial charge is 0.489 e. The Morgan fingerprint density at radius 3 is 2.39 bits per heavy atom. The molecule has 1 aliphatic carbocycles. The average Bonchev–Trinajstić information content (AvgIpc) is 3.06. The molecule has 1 fully saturated rings. The molecule has 4 nitrogen and oxygen atoms in total. The molecule has 0 aliphatic heterocycles. The van der Waals surface area contributed by atoms with Crippen molar-refractivity contribution in [3.05, 3.63) is 23.5 Å². The lowest BCUT2D eigenvalue weighted by molar-refractivity contribution is 0.268. The number of nitrogens with two attached hydrogens (primary N) is 1. The highest BCUT2D eigenvalue weighted by atomic mass is 32.2. The maximum atomic E-state index is 13.5. The van der Waals surface area contributed by atoms with Crippen LogP contribution in [0.25, 0.3) is 0 Å². The molecule has 8 heteroatoms. The summed E-state index contributed by atoms with van der Waals surface area (Å²) in [6.07, 6.45) is 1.74. The van der Waals surface area contributed by atoms with Gasteiger partial charge >= 0.3 is 0 Å². The van der Waals surface area contributed by atoms with Crippen LogP contribution in [0.5, 0.6) is 5.75 Å². The van der Waals surface area contributed by atoms with Crippen molar-refractivity contribution in [2.75, 3.05) is 6.61 Å². The number of benzene rings is 1. The Labute approximate surface area is 102 Å². The molecule has 0 amide bonds. The molecule has 1 aromatic carbocycles. The Balaban J connectivity index is 2.48. The van der Waals surface area contributed by atoms with Crippen LogP contribution >= 0.6 is 0 Å². The Kier molecular flexibility index (Phi) is 3.24. The van der Waals surface area contributed by atoms with Gasteiger partial charge in [-0.1, -0.05) is 0 Å². The van der Waals surface area contributed by atoms with E-state index in [2.05, 4.69) is 0 Å². The lowest BCUT2D eigenvalue weighted by atomic mass is 10.3. The first-order valence-electron chi connectivity index (χ1n) is 5.14. The van der Waals surface area contributed by atoms with Crippen LogP contribution in [-0.4, -0.2) is 15.0 Å². The highest BCUT2D eigenvalue weighted by Crippen LogP contribution is 2.34. The molecule has 100 valence electrons. The van der Waals surface area contributed by atoms with E-state index in [9.17, 15) is 21.6 Å². The molecule has 1 aliphatic rings. The van der Waals surface area contributed by atoms with Crippen molar-refractivity contribution in [3.63, 3.8) is 0 Å². The quantitative estimate of drug-likeness (QED) is 0.851. The van der Waals surface area contributed by atoms with Crippen LogP contribution in [0.15, 0.2) is 11.0 Å². The van der Waals surface area contributed by atoms with Gasteiger partial charge in [0, 0.05) is 6.07 Å². The van der Waals surface area contributed by atoms with Crippen LogP contribution in [-0.2, 0) is 10.0 Å². The number of rotatable bonds is 4. The van der Waals surface area contributed by atoms with E-state index in [1.54, 1.807) is 0 Å². The summed E-state index contributed by atoms with van der Waals surface area (Å²) in [6.45, 7) is 0.0461. The lowest BCUT2D eigenvalue weighted by Crippen LogP contribution is -2.17. The van der Waals surface area contributed by atoms with Crippen LogP contribution in [0.2, 0.25) is 0 Å². The normalized spacial score (nSPS) is 15.8. The highest BCUT2D eigenvalue weighted by molar-refractivity contribution is 7.89. The van der Waals surface area contributed by atoms with Crippen molar-refractivity contribution in [3.8, 4) is 5.75 Å². The van der Waals surface area contributed by atoms with Gasteiger partial charge in [-0.3, -0.25) is 0 Å². The third-order valence-corrected chi connectivity index (χ3v) is 3.47. The molecule has 0 unspecified atom stereocenters. The minimum absolute atomic E-state index is 0.0461. The summed E-state index contributed by atoms with van der Waals surface area (Å²) in [4.78, 5) is -0.889. The van der Waals surface area contributed by atoms with Gasteiger partial charge < -0.3 is 4.74 Å². The molecule has 0 saturated heterocycles. The molecule has 0 radical (unpaired) electrons. The molecule has 0 spiro atoms. The maximum absolute atomic E-state index is 13.5. The first-order chi connectivity index (χ1) is 8.30. The average molecular weight is 281 g/mol. The van der Waals surface area contributed by atoms with E-state index in [1.807, 2.05) is 0 Å². The lowest BCUT2D eigenvalue weighted by Gasteiger charge is -2.11. The molecule has 2 N–H and O–H groups in total. The van der Waals surface area contributed by atoms with Gasteiger partial charge in [-0.05, 0) is 18.8 Å². The molecular weight excluding hydrogens is 271 g/mol. The third kappa shape index (κ3) is 2.59. The minimum atomic E-state index is -4.39. The van der Waals surface area contributed by atoms with Crippen molar-refractivity contribution >= 4 is 10.0 Å². The van der Waals surface area contributed by atoms with Crippen LogP contribution in [0, 0.1) is 23.4 Å². The van der Waals surface area contributed by atoms with Crippen LogP contribution in [0.4, 0.5) is 13.2 Å². The number of hydrogen-bond acceptors (Lipinski definition) is 3. The molecule has 1 aromatic rings. The standard InChI is InChI=1S/C10H10F3NO3S/c11-6-3-7(18(14,15)16)10(9(13)8(6)12)17-4-5-1-2-5/h3,5H,1-2,4H2,(H2,14,15,16). The summed E-state index contributed by atoms with van der Waals surface area (Å²) in [7, 11) is -4.39. The number of halogens is 3. The number of hydrogen-bond donors (Lipinski definition) is 1. The van der Waals surface area contributed by atoms with Crippen molar-refractivity contribution in [2.24, 2.45) is 11.1 Å². The van der Waals surface area contributed by atoms with Gasteiger partial charge in [0.1, 0.15) is 4.90 Å². The second-order valence-electron chi connectivity index (χ2n) is 4.11. The predicted molar refractivity (Wildman–Crippen MR) is 55.9 cm³/mol. The molecule has 18 heavy (non-hydrogen) atoms. The minimum Gasteiger partial charge on any atom is -0.489 e. The van der Waals surface area contributed by atoms with E-state index in [4.69, 9.17) is 9.88 Å². The van der Waals surface area contributed by atoms with E-state index in [0.717, 1.165) is 12.8 Å². The molecular formula is C10H10F3NO3S. The summed E-state index contributed by atoms with van der Waals surface area (Å²) < 4.78 is 66.7. The number of primary sulfonamides is 1. The third-order valence-electron chi connectivity index (χ3n) is 2.55. The first kappa shape index (κ1) is 13.2. The Bertz CT molecular complexity index is 585. The van der Waals surface area contributed by atoms with Gasteiger partial charge in [-0.2, -0.15) is 4.39 Å². The second-order valence-corrected chi connectivity index (χ2v) is 5.64. The van der Waals surface area contributed by atoms with E-state index < -0.39 is 38.1 Å². The van der Waals surface area contributed by atoms with E-state index in [1.165, 1.54) is 0 Å². The van der Waals surface area contributed by atoms with Gasteiger partial charge in [0.15, 0.2) is 17.4 Å². The van der Waals surface area contributed by atoms with Gasteiger partial charge in [0.25, 0.3) is 0 Å². The Morgan fingerprint density at radius 1 is 1.28 bits per heavy atom. The zero-order valence-corrected chi connectivity index (χ0v) is 9.94. The van der Waals surface area contributed by atoms with Crippen molar-refractivity contribution < 1.29 is 26.3 Å². The zero-order chi connectivity index (χ0) is 13.5. The van der Waals surface area contributed by atoms with E-state index in [-0.39, 0.29) is 12.5 Å². The molecule has 0 heterocycles. The molecule has 0 aromatic heterocycles. The van der Waals surface area contributed by atoms with Gasteiger partial charge in [0.05, 0.1) is 6.61 Å². The van der Waals surface area contributed by atoms with Gasteiger partial charge in [-0.15, -0.1) is 0 Å². The summed E-state index contributed by atoms with van der Waals surface area (Å²) in [5, 5.41) is 4.80. The van der Waals surface area contributed by atoms with E-state index in [0.29, 0.717) is 6.07 Å². The predicted octanol–water partition coefficient (Wildman–Crippen LogP) is 1.54. The Hall–Kier alpha value is -1.28. The monoisotopic (exact) mass is 281 g/mol. The van der Waals surface area contributed by atoms with Crippen molar-refractivity contribution in [2.45, 2.75) is 17.7 Å².